The fraction of sp³-hybridized carbons (Fsp3) is 0.300. The third-order valence-corrected chi connectivity index (χ3v) is 2.01. The summed E-state index contributed by atoms with van der Waals surface area (Å²) in [6, 6.07) is 4.27. The van der Waals surface area contributed by atoms with Crippen LogP contribution >= 0.6 is 0 Å². The fourth-order valence-corrected chi connectivity index (χ4v) is 1.04. The number of amides is 2. The zero-order valence-corrected chi connectivity index (χ0v) is 9.15. The molecule has 1 unspecified atom stereocenters. The molecule has 0 aliphatic rings. The van der Waals surface area contributed by atoms with Gasteiger partial charge in [-0.3, -0.25) is 9.59 Å². The second-order valence-corrected chi connectivity index (χ2v) is 3.26. The Morgan fingerprint density at radius 2 is 2.12 bits per heavy atom. The predicted molar refractivity (Wildman–Crippen MR) is 59.9 cm³/mol. The number of hydrogen-bond acceptors (Lipinski definition) is 4. The van der Waals surface area contributed by atoms with Crippen LogP contribution in [-0.2, 0) is 4.79 Å². The summed E-state index contributed by atoms with van der Waals surface area (Å²) in [7, 11) is 1.70. The molecule has 0 spiro atoms. The van der Waals surface area contributed by atoms with E-state index in [2.05, 4.69) is 15.6 Å². The van der Waals surface area contributed by atoms with Crippen LogP contribution in [-0.4, -0.2) is 29.9 Å². The van der Waals surface area contributed by atoms with Crippen molar-refractivity contribution in [3.63, 3.8) is 0 Å². The molecule has 4 N–H and O–H groups in total. The molecule has 0 radical (unpaired) electrons. The molecular formula is C10H14N4O2. The summed E-state index contributed by atoms with van der Waals surface area (Å²) in [5.41, 5.74) is 5.27. The molecule has 0 aromatic carbocycles. The van der Waals surface area contributed by atoms with Crippen LogP contribution in [0, 0.1) is 0 Å². The topological polar surface area (TPSA) is 97.1 Å². The minimum atomic E-state index is -0.715. The van der Waals surface area contributed by atoms with Crippen molar-refractivity contribution in [2.45, 2.75) is 13.0 Å². The van der Waals surface area contributed by atoms with E-state index < -0.39 is 17.9 Å². The Morgan fingerprint density at radius 1 is 1.44 bits per heavy atom. The second-order valence-electron chi connectivity index (χ2n) is 3.26. The van der Waals surface area contributed by atoms with Crippen molar-refractivity contribution in [2.75, 3.05) is 12.4 Å². The molecule has 0 saturated heterocycles. The van der Waals surface area contributed by atoms with Gasteiger partial charge in [-0.2, -0.15) is 0 Å². The van der Waals surface area contributed by atoms with E-state index in [-0.39, 0.29) is 5.69 Å². The predicted octanol–water partition coefficient (Wildman–Crippen LogP) is -0.273. The quantitative estimate of drug-likeness (QED) is 0.653. The van der Waals surface area contributed by atoms with Gasteiger partial charge in [-0.15, -0.1) is 0 Å². The number of aromatic nitrogens is 1. The summed E-state index contributed by atoms with van der Waals surface area (Å²) in [5.74, 6) is -0.430. The largest absolute Gasteiger partial charge is 0.373 e. The van der Waals surface area contributed by atoms with Crippen LogP contribution in [0.4, 0.5) is 5.82 Å². The van der Waals surface area contributed by atoms with E-state index in [4.69, 9.17) is 5.73 Å². The summed E-state index contributed by atoms with van der Waals surface area (Å²) in [4.78, 5) is 26.4. The van der Waals surface area contributed by atoms with Crippen LogP contribution in [0.3, 0.4) is 0 Å². The van der Waals surface area contributed by atoms with Crippen molar-refractivity contribution in [3.05, 3.63) is 23.9 Å². The van der Waals surface area contributed by atoms with Crippen molar-refractivity contribution in [1.82, 2.24) is 10.3 Å². The fourth-order valence-electron chi connectivity index (χ4n) is 1.04. The van der Waals surface area contributed by atoms with Gasteiger partial charge in [0.05, 0.1) is 0 Å². The molecule has 0 bridgehead atoms. The molecule has 1 rings (SSSR count). The van der Waals surface area contributed by atoms with Gasteiger partial charge >= 0.3 is 0 Å². The molecule has 0 saturated carbocycles. The number of carbonyl (C=O) groups is 2. The van der Waals surface area contributed by atoms with E-state index >= 15 is 0 Å². The smallest absolute Gasteiger partial charge is 0.270 e. The Kier molecular flexibility index (Phi) is 3.82. The van der Waals surface area contributed by atoms with Crippen LogP contribution < -0.4 is 16.4 Å². The normalized spacial score (nSPS) is 11.6. The summed E-state index contributed by atoms with van der Waals surface area (Å²) >= 11 is 0. The monoisotopic (exact) mass is 222 g/mol. The second kappa shape index (κ2) is 5.11. The number of nitrogens with one attached hydrogen (secondary N) is 2. The van der Waals surface area contributed by atoms with E-state index in [1.54, 1.807) is 25.2 Å². The van der Waals surface area contributed by atoms with Crippen LogP contribution in [0.25, 0.3) is 0 Å². The average Bonchev–Trinajstić information content (AvgIpc) is 2.28. The van der Waals surface area contributed by atoms with E-state index in [1.165, 1.54) is 6.92 Å². The van der Waals surface area contributed by atoms with Crippen LogP contribution in [0.5, 0.6) is 0 Å². The molecule has 1 atom stereocenters. The minimum Gasteiger partial charge on any atom is -0.373 e. The molecule has 0 aliphatic carbocycles. The van der Waals surface area contributed by atoms with Gasteiger partial charge in [0.25, 0.3) is 5.91 Å². The lowest BCUT2D eigenvalue weighted by Gasteiger charge is -2.09. The highest BCUT2D eigenvalue weighted by Crippen LogP contribution is 2.03. The number of nitrogens with zero attached hydrogens (tertiary/aromatic N) is 1. The Bertz CT molecular complexity index is 406. The van der Waals surface area contributed by atoms with Gasteiger partial charge in [-0.05, 0) is 19.1 Å². The number of primary amides is 1. The number of nitrogens with two attached hydrogens (primary N) is 1. The van der Waals surface area contributed by atoms with Crippen molar-refractivity contribution >= 4 is 17.6 Å². The van der Waals surface area contributed by atoms with Gasteiger partial charge in [0.15, 0.2) is 0 Å². The van der Waals surface area contributed by atoms with E-state index in [0.717, 1.165) is 0 Å². The summed E-state index contributed by atoms with van der Waals surface area (Å²) in [6.45, 7) is 1.52. The molecule has 1 aromatic heterocycles. The molecule has 1 heterocycles. The Hall–Kier alpha value is -2.11. The molecule has 6 nitrogen and oxygen atoms in total. The third kappa shape index (κ3) is 2.94. The number of anilines is 1. The maximum Gasteiger partial charge on any atom is 0.270 e. The first kappa shape index (κ1) is 12.0. The zero-order chi connectivity index (χ0) is 12.1. The molecule has 2 amide bonds. The Labute approximate surface area is 93.2 Å². The maximum absolute atomic E-state index is 11.6. The molecular weight excluding hydrogens is 208 g/mol. The summed E-state index contributed by atoms with van der Waals surface area (Å²) in [5, 5.41) is 5.26. The van der Waals surface area contributed by atoms with Crippen molar-refractivity contribution in [1.29, 1.82) is 0 Å². The first-order chi connectivity index (χ1) is 7.54. The van der Waals surface area contributed by atoms with Crippen LogP contribution in [0.1, 0.15) is 17.4 Å². The SMILES string of the molecule is CNc1cccc(C(=O)NC(C)C(N)=O)n1. The molecule has 86 valence electrons. The van der Waals surface area contributed by atoms with Crippen LogP contribution in [0.2, 0.25) is 0 Å². The van der Waals surface area contributed by atoms with Crippen molar-refractivity contribution < 1.29 is 9.59 Å². The number of hydrogen-bond donors (Lipinski definition) is 3. The lowest BCUT2D eigenvalue weighted by Crippen LogP contribution is -2.42. The van der Waals surface area contributed by atoms with E-state index in [9.17, 15) is 9.59 Å². The number of carbonyl (C=O) groups excluding carboxylic acids is 2. The minimum absolute atomic E-state index is 0.236. The lowest BCUT2D eigenvalue weighted by molar-refractivity contribution is -0.119. The molecule has 1 aromatic rings. The number of rotatable bonds is 4. The highest BCUT2D eigenvalue weighted by molar-refractivity contribution is 5.95. The highest BCUT2D eigenvalue weighted by Gasteiger charge is 2.14. The standard InChI is InChI=1S/C10H14N4O2/c1-6(9(11)15)13-10(16)7-4-3-5-8(12-2)14-7/h3-6H,1-2H3,(H2,11,15)(H,12,14)(H,13,16). The lowest BCUT2D eigenvalue weighted by atomic mass is 10.3. The van der Waals surface area contributed by atoms with Gasteiger partial charge in [0, 0.05) is 7.05 Å². The third-order valence-electron chi connectivity index (χ3n) is 2.01. The number of pyridine rings is 1. The van der Waals surface area contributed by atoms with E-state index in [1.807, 2.05) is 0 Å². The van der Waals surface area contributed by atoms with Gasteiger partial charge in [0.1, 0.15) is 17.6 Å². The maximum atomic E-state index is 11.6. The van der Waals surface area contributed by atoms with Crippen molar-refractivity contribution in [3.8, 4) is 0 Å². The Morgan fingerprint density at radius 3 is 2.69 bits per heavy atom. The highest BCUT2D eigenvalue weighted by atomic mass is 16.2. The molecule has 0 aliphatic heterocycles. The van der Waals surface area contributed by atoms with Crippen LogP contribution in [0.15, 0.2) is 18.2 Å². The van der Waals surface area contributed by atoms with E-state index in [0.29, 0.717) is 5.82 Å². The van der Waals surface area contributed by atoms with Crippen molar-refractivity contribution in [2.24, 2.45) is 5.73 Å². The zero-order valence-electron chi connectivity index (χ0n) is 9.15. The first-order valence-electron chi connectivity index (χ1n) is 4.79. The Balaban J connectivity index is 2.76. The van der Waals surface area contributed by atoms with Gasteiger partial charge in [-0.25, -0.2) is 4.98 Å². The van der Waals surface area contributed by atoms with Gasteiger partial charge in [-0.1, -0.05) is 6.07 Å². The van der Waals surface area contributed by atoms with Gasteiger partial charge < -0.3 is 16.4 Å². The molecule has 6 heteroatoms. The molecule has 0 fully saturated rings. The average molecular weight is 222 g/mol. The summed E-state index contributed by atoms with van der Waals surface area (Å²) < 4.78 is 0. The van der Waals surface area contributed by atoms with Gasteiger partial charge in [0.2, 0.25) is 5.91 Å². The first-order valence-corrected chi connectivity index (χ1v) is 4.79. The molecule has 16 heavy (non-hydrogen) atoms. The summed E-state index contributed by atoms with van der Waals surface area (Å²) in [6.07, 6.45) is 0.